The largest absolute Gasteiger partial charge is 0.421 e. The summed E-state index contributed by atoms with van der Waals surface area (Å²) < 4.78 is 5.54. The fourth-order valence-corrected chi connectivity index (χ4v) is 6.31. The highest BCUT2D eigenvalue weighted by Crippen LogP contribution is 2.34. The van der Waals surface area contributed by atoms with Crippen LogP contribution in [0.4, 0.5) is 0 Å². The summed E-state index contributed by atoms with van der Waals surface area (Å²) >= 11 is 0. The molecule has 0 aliphatic carbocycles. The van der Waals surface area contributed by atoms with Gasteiger partial charge < -0.3 is 4.74 Å². The summed E-state index contributed by atoms with van der Waals surface area (Å²) in [6.07, 6.45) is 0. The Morgan fingerprint density at radius 2 is 0.855 bits per heavy atom. The molecule has 0 saturated carbocycles. The molecule has 0 fully saturated rings. The molecule has 1 heterocycles. The van der Waals surface area contributed by atoms with Gasteiger partial charge in [-0.25, -0.2) is 15.0 Å². The molecule has 0 atom stereocenters. The minimum absolute atomic E-state index is 0.0748. The Balaban J connectivity index is 1.12. The number of ether oxygens (including phenoxy) is 1. The molecule has 1 aromatic heterocycles. The van der Waals surface area contributed by atoms with Crippen LogP contribution in [0.2, 0.25) is 0 Å². The normalized spacial score (nSPS) is 10.7. The lowest BCUT2D eigenvalue weighted by atomic mass is 9.96. The zero-order valence-corrected chi connectivity index (χ0v) is 29.5. The first-order chi connectivity index (χ1) is 27.0. The van der Waals surface area contributed by atoms with E-state index in [4.69, 9.17) is 30.5 Å². The van der Waals surface area contributed by atoms with Crippen LogP contribution >= 0.6 is 0 Å². The van der Waals surface area contributed by atoms with Crippen molar-refractivity contribution in [3.05, 3.63) is 199 Å². The summed E-state index contributed by atoms with van der Waals surface area (Å²) in [6.45, 7) is 0. The topological polar surface area (TPSA) is 119 Å². The van der Waals surface area contributed by atoms with E-state index in [0.717, 1.165) is 50.1 Å². The molecule has 0 spiro atoms. The van der Waals surface area contributed by atoms with Crippen molar-refractivity contribution in [2.24, 2.45) is 0 Å². The van der Waals surface area contributed by atoms with E-state index in [1.165, 1.54) is 0 Å². The standard InChI is InChI=1S/C48H32N6O/c49-31-32-18-20-33(21-19-32)34-22-26-36(27-23-34)42-16-7-8-17-43(42)48-53-46(39-12-5-2-6-13-39)52-47(54-48)41-15-9-14-40(30-41)35-24-28-38(29-25-35)45(51)55-44(50)37-10-3-1-4-11-37/h1-30,50-51H. The predicted octanol–water partition coefficient (Wildman–Crippen LogP) is 11.1. The van der Waals surface area contributed by atoms with Crippen molar-refractivity contribution in [3.63, 3.8) is 0 Å². The lowest BCUT2D eigenvalue weighted by Crippen LogP contribution is -2.12. The molecule has 7 nitrogen and oxygen atoms in total. The number of hydrogen-bond donors (Lipinski definition) is 2. The summed E-state index contributed by atoms with van der Waals surface area (Å²) in [4.78, 5) is 15.1. The molecule has 0 radical (unpaired) electrons. The molecule has 7 heteroatoms. The van der Waals surface area contributed by atoms with Crippen molar-refractivity contribution in [1.82, 2.24) is 15.0 Å². The van der Waals surface area contributed by atoms with Crippen molar-refractivity contribution < 1.29 is 4.74 Å². The summed E-state index contributed by atoms with van der Waals surface area (Å²) in [7, 11) is 0. The van der Waals surface area contributed by atoms with Gasteiger partial charge in [-0.2, -0.15) is 5.26 Å². The molecule has 8 aromatic rings. The van der Waals surface area contributed by atoms with Gasteiger partial charge in [-0.05, 0) is 75.8 Å². The third kappa shape index (κ3) is 7.56. The Hall–Kier alpha value is -7.82. The van der Waals surface area contributed by atoms with Crippen LogP contribution in [0.1, 0.15) is 16.7 Å². The van der Waals surface area contributed by atoms with E-state index in [1.807, 2.05) is 133 Å². The van der Waals surface area contributed by atoms with Gasteiger partial charge in [0.2, 0.25) is 11.8 Å². The van der Waals surface area contributed by atoms with Crippen molar-refractivity contribution in [3.8, 4) is 73.6 Å². The Morgan fingerprint density at radius 3 is 1.51 bits per heavy atom. The van der Waals surface area contributed by atoms with Crippen LogP contribution in [-0.4, -0.2) is 26.7 Å². The van der Waals surface area contributed by atoms with Crippen molar-refractivity contribution in [2.45, 2.75) is 0 Å². The van der Waals surface area contributed by atoms with Gasteiger partial charge in [0.15, 0.2) is 17.5 Å². The minimum Gasteiger partial charge on any atom is -0.421 e. The van der Waals surface area contributed by atoms with Crippen LogP contribution < -0.4 is 0 Å². The molecule has 0 aliphatic heterocycles. The SMILES string of the molecule is N#Cc1ccc(-c2ccc(-c3ccccc3-c3nc(-c4ccccc4)nc(-c4cccc(-c5ccc(C(=N)OC(=N)c6ccccc6)cc5)c4)n3)cc2)cc1. The highest BCUT2D eigenvalue weighted by molar-refractivity contribution is 6.04. The van der Waals surface area contributed by atoms with E-state index < -0.39 is 0 Å². The van der Waals surface area contributed by atoms with Crippen LogP contribution in [0.5, 0.6) is 0 Å². The zero-order valence-electron chi connectivity index (χ0n) is 29.5. The van der Waals surface area contributed by atoms with Gasteiger partial charge in [0.05, 0.1) is 11.6 Å². The van der Waals surface area contributed by atoms with Gasteiger partial charge in [0.25, 0.3) is 0 Å². The maximum absolute atomic E-state index is 9.20. The molecular weight excluding hydrogens is 677 g/mol. The van der Waals surface area contributed by atoms with Crippen LogP contribution in [-0.2, 0) is 4.74 Å². The number of nitriles is 1. The maximum atomic E-state index is 9.20. The maximum Gasteiger partial charge on any atom is 0.221 e. The Kier molecular flexibility index (Phi) is 9.61. The van der Waals surface area contributed by atoms with Crippen molar-refractivity contribution in [2.75, 3.05) is 0 Å². The molecule has 2 N–H and O–H groups in total. The van der Waals surface area contributed by atoms with Crippen LogP contribution in [0.25, 0.3) is 67.5 Å². The predicted molar refractivity (Wildman–Crippen MR) is 218 cm³/mol. The summed E-state index contributed by atoms with van der Waals surface area (Å²) in [5.41, 5.74) is 10.4. The number of benzene rings is 7. The lowest BCUT2D eigenvalue weighted by molar-refractivity contribution is 0.538. The molecular formula is C48H32N6O. The number of rotatable bonds is 8. The van der Waals surface area contributed by atoms with Gasteiger partial charge >= 0.3 is 0 Å². The van der Waals surface area contributed by atoms with Crippen molar-refractivity contribution in [1.29, 1.82) is 16.1 Å². The van der Waals surface area contributed by atoms with Gasteiger partial charge in [0, 0.05) is 27.8 Å². The Bertz CT molecular complexity index is 2690. The molecule has 8 rings (SSSR count). The lowest BCUT2D eigenvalue weighted by Gasteiger charge is -2.13. The van der Waals surface area contributed by atoms with Crippen LogP contribution in [0.15, 0.2) is 182 Å². The fourth-order valence-electron chi connectivity index (χ4n) is 6.31. The molecule has 0 unspecified atom stereocenters. The van der Waals surface area contributed by atoms with Crippen LogP contribution in [0.3, 0.4) is 0 Å². The highest BCUT2D eigenvalue weighted by atomic mass is 16.5. The smallest absolute Gasteiger partial charge is 0.221 e. The molecule has 55 heavy (non-hydrogen) atoms. The zero-order chi connectivity index (χ0) is 37.6. The third-order valence-electron chi connectivity index (χ3n) is 9.22. The number of nitrogens with one attached hydrogen (secondary N) is 2. The van der Waals surface area contributed by atoms with Gasteiger partial charge in [-0.3, -0.25) is 10.8 Å². The Morgan fingerprint density at radius 1 is 0.400 bits per heavy atom. The number of nitrogens with zero attached hydrogens (tertiary/aromatic N) is 4. The van der Waals surface area contributed by atoms with E-state index in [1.54, 1.807) is 12.1 Å². The molecule has 260 valence electrons. The van der Waals surface area contributed by atoms with E-state index in [2.05, 4.69) is 42.5 Å². The monoisotopic (exact) mass is 708 g/mol. The first-order valence-electron chi connectivity index (χ1n) is 17.7. The minimum atomic E-state index is -0.0946. The van der Waals surface area contributed by atoms with E-state index in [-0.39, 0.29) is 11.8 Å². The summed E-state index contributed by atoms with van der Waals surface area (Å²) in [5.74, 6) is 1.51. The van der Waals surface area contributed by atoms with E-state index >= 15 is 0 Å². The quantitative estimate of drug-likeness (QED) is 0.120. The highest BCUT2D eigenvalue weighted by Gasteiger charge is 2.17. The first kappa shape index (κ1) is 34.3. The summed E-state index contributed by atoms with van der Waals surface area (Å²) in [5, 5.41) is 25.9. The number of hydrogen-bond acceptors (Lipinski definition) is 7. The first-order valence-corrected chi connectivity index (χ1v) is 17.7. The van der Waals surface area contributed by atoms with Crippen molar-refractivity contribution >= 4 is 11.8 Å². The van der Waals surface area contributed by atoms with Gasteiger partial charge in [-0.15, -0.1) is 0 Å². The molecule has 7 aromatic carbocycles. The second kappa shape index (κ2) is 15.4. The average molecular weight is 709 g/mol. The van der Waals surface area contributed by atoms with Crippen LogP contribution in [0, 0.1) is 22.1 Å². The fraction of sp³-hybridized carbons (Fsp3) is 0. The van der Waals surface area contributed by atoms with E-state index in [9.17, 15) is 5.26 Å². The average Bonchev–Trinajstić information content (AvgIpc) is 3.27. The number of aromatic nitrogens is 3. The van der Waals surface area contributed by atoms with E-state index in [0.29, 0.717) is 34.2 Å². The molecule has 0 saturated heterocycles. The molecule has 0 bridgehead atoms. The second-order valence-electron chi connectivity index (χ2n) is 12.8. The third-order valence-corrected chi connectivity index (χ3v) is 9.22. The molecule has 0 amide bonds. The Labute approximate surface area is 318 Å². The van der Waals surface area contributed by atoms with Gasteiger partial charge in [0.1, 0.15) is 0 Å². The van der Waals surface area contributed by atoms with Gasteiger partial charge in [-0.1, -0.05) is 140 Å². The second-order valence-corrected chi connectivity index (χ2v) is 12.8. The molecule has 0 aliphatic rings. The summed E-state index contributed by atoms with van der Waals surface area (Å²) in [6, 6.07) is 60.9.